The van der Waals surface area contributed by atoms with E-state index in [1.165, 1.54) is 6.33 Å². The number of carbonyl (C=O) groups excluding carboxylic acids is 1. The number of pyridine rings is 1. The van der Waals surface area contributed by atoms with Crippen molar-refractivity contribution in [1.29, 1.82) is 0 Å². The van der Waals surface area contributed by atoms with Crippen LogP contribution in [0.2, 0.25) is 0 Å². The SMILES string of the molecule is CCCCN(C(=O)CN1C[C@H](c2ccc3c(c2)OCO3)C(C(=O)O)[C@@H]1CCc1ccncn1)c1ccc[n+](C)c1. The van der Waals surface area contributed by atoms with Gasteiger partial charge in [0.1, 0.15) is 19.1 Å². The number of hydrogen-bond acceptors (Lipinski definition) is 7. The van der Waals surface area contributed by atoms with Gasteiger partial charge in [0.25, 0.3) is 0 Å². The molecule has 0 aliphatic carbocycles. The maximum absolute atomic E-state index is 13.9. The number of carbonyl (C=O) groups is 2. The summed E-state index contributed by atoms with van der Waals surface area (Å²) < 4.78 is 13.0. The molecule has 10 heteroatoms. The number of ether oxygens (including phenoxy) is 2. The van der Waals surface area contributed by atoms with Crippen molar-refractivity contribution < 1.29 is 28.7 Å². The summed E-state index contributed by atoms with van der Waals surface area (Å²) in [4.78, 5) is 38.9. The number of amides is 1. The highest BCUT2D eigenvalue weighted by atomic mass is 16.7. The van der Waals surface area contributed by atoms with Gasteiger partial charge in [-0.2, -0.15) is 0 Å². The van der Waals surface area contributed by atoms with E-state index in [-0.39, 0.29) is 31.2 Å². The molecule has 40 heavy (non-hydrogen) atoms. The number of carboxylic acid groups (broad SMARTS) is 1. The number of hydrogen-bond donors (Lipinski definition) is 1. The highest BCUT2D eigenvalue weighted by Gasteiger charge is 2.47. The molecule has 4 heterocycles. The summed E-state index contributed by atoms with van der Waals surface area (Å²) >= 11 is 0. The van der Waals surface area contributed by atoms with Gasteiger partial charge in [0, 0.05) is 43.0 Å². The van der Waals surface area contributed by atoms with Crippen LogP contribution in [0.1, 0.15) is 43.4 Å². The molecular weight excluding hydrogens is 510 g/mol. The molecular formula is C30H36N5O5+. The van der Waals surface area contributed by atoms with Gasteiger partial charge in [0.15, 0.2) is 23.9 Å². The molecule has 2 aliphatic rings. The Hall–Kier alpha value is -4.05. The number of aliphatic carboxylic acids is 1. The van der Waals surface area contributed by atoms with Crippen LogP contribution in [0.3, 0.4) is 0 Å². The van der Waals surface area contributed by atoms with E-state index in [4.69, 9.17) is 9.47 Å². The lowest BCUT2D eigenvalue weighted by molar-refractivity contribution is -0.670. The zero-order valence-corrected chi connectivity index (χ0v) is 23.0. The van der Waals surface area contributed by atoms with E-state index in [1.54, 1.807) is 6.20 Å². The highest BCUT2D eigenvalue weighted by Crippen LogP contribution is 2.43. The quantitative estimate of drug-likeness (QED) is 0.366. The number of benzene rings is 1. The van der Waals surface area contributed by atoms with Crippen molar-refractivity contribution in [3.8, 4) is 11.5 Å². The maximum atomic E-state index is 13.9. The van der Waals surface area contributed by atoms with Crippen LogP contribution >= 0.6 is 0 Å². The molecule has 1 N–H and O–H groups in total. The summed E-state index contributed by atoms with van der Waals surface area (Å²) in [6.45, 7) is 3.43. The third-order valence-electron chi connectivity index (χ3n) is 7.81. The van der Waals surface area contributed by atoms with Crippen LogP contribution < -0.4 is 18.9 Å². The summed E-state index contributed by atoms with van der Waals surface area (Å²) in [7, 11) is 1.93. The summed E-state index contributed by atoms with van der Waals surface area (Å²) in [6, 6.07) is 11.0. The van der Waals surface area contributed by atoms with Gasteiger partial charge in [-0.3, -0.25) is 14.5 Å². The van der Waals surface area contributed by atoms with E-state index >= 15 is 0 Å². The average molecular weight is 547 g/mol. The molecule has 5 rings (SSSR count). The van der Waals surface area contributed by atoms with Crippen LogP contribution in [0.15, 0.2) is 61.3 Å². The molecule has 0 bridgehead atoms. The van der Waals surface area contributed by atoms with Crippen molar-refractivity contribution in [1.82, 2.24) is 14.9 Å². The molecule has 10 nitrogen and oxygen atoms in total. The van der Waals surface area contributed by atoms with Crippen molar-refractivity contribution in [3.05, 3.63) is 72.6 Å². The van der Waals surface area contributed by atoms with E-state index in [0.717, 1.165) is 29.8 Å². The summed E-state index contributed by atoms with van der Waals surface area (Å²) in [5.41, 5.74) is 2.55. The number of aromatic nitrogens is 3. The molecule has 2 aliphatic heterocycles. The minimum Gasteiger partial charge on any atom is -0.481 e. The van der Waals surface area contributed by atoms with Crippen molar-refractivity contribution in [3.63, 3.8) is 0 Å². The lowest BCUT2D eigenvalue weighted by atomic mass is 9.83. The predicted octanol–water partition coefficient (Wildman–Crippen LogP) is 2.96. The minimum absolute atomic E-state index is 0.0397. The Morgan fingerprint density at radius 1 is 1.20 bits per heavy atom. The Bertz CT molecular complexity index is 1340. The number of anilines is 1. The average Bonchev–Trinajstić information content (AvgIpc) is 3.57. The van der Waals surface area contributed by atoms with Crippen LogP contribution in [0.4, 0.5) is 5.69 Å². The first-order valence-corrected chi connectivity index (χ1v) is 13.8. The largest absolute Gasteiger partial charge is 0.481 e. The molecule has 0 radical (unpaired) electrons. The monoisotopic (exact) mass is 546 g/mol. The number of carboxylic acids is 1. The van der Waals surface area contributed by atoms with Gasteiger partial charge in [0.05, 0.1) is 12.5 Å². The van der Waals surface area contributed by atoms with Gasteiger partial charge in [-0.05, 0) is 49.1 Å². The van der Waals surface area contributed by atoms with Crippen molar-refractivity contribution in [2.24, 2.45) is 13.0 Å². The van der Waals surface area contributed by atoms with E-state index in [0.29, 0.717) is 37.4 Å². The predicted molar refractivity (Wildman–Crippen MR) is 147 cm³/mol. The van der Waals surface area contributed by atoms with Gasteiger partial charge in [-0.25, -0.2) is 14.5 Å². The molecule has 0 saturated carbocycles. The fourth-order valence-electron chi connectivity index (χ4n) is 5.80. The molecule has 1 saturated heterocycles. The van der Waals surface area contributed by atoms with E-state index in [1.807, 2.05) is 65.3 Å². The summed E-state index contributed by atoms with van der Waals surface area (Å²) in [5.74, 6) is -0.646. The molecule has 1 amide bonds. The normalized spacial score (nSPS) is 20.0. The summed E-state index contributed by atoms with van der Waals surface area (Å²) in [6.07, 6.45) is 10.0. The molecule has 1 aromatic carbocycles. The third kappa shape index (κ3) is 6.07. The number of fused-ring (bicyclic) bond motifs is 1. The van der Waals surface area contributed by atoms with Crippen LogP contribution in [0.25, 0.3) is 0 Å². The number of likely N-dealkylation sites (tertiary alicyclic amines) is 1. The Morgan fingerprint density at radius 3 is 2.80 bits per heavy atom. The van der Waals surface area contributed by atoms with E-state index < -0.39 is 11.9 Å². The zero-order valence-electron chi connectivity index (χ0n) is 23.0. The standard InChI is InChI=1S/C30H35N5O5/c1-3-4-14-35(23-6-5-13-33(2)16-23)28(36)18-34-17-24(21-7-10-26-27(15-21)40-20-39-26)29(30(37)38)25(34)9-8-22-11-12-31-19-32-22/h5-7,10-13,15-16,19,24-25,29H,3-4,8-9,14,17-18,20H2,1-2H3/p+1/t24-,25+,29?/m1/s1. The zero-order chi connectivity index (χ0) is 28.1. The molecule has 3 aromatic rings. The van der Waals surface area contributed by atoms with E-state index in [2.05, 4.69) is 21.8 Å². The first-order chi connectivity index (χ1) is 19.4. The lowest BCUT2D eigenvalue weighted by Gasteiger charge is -2.29. The number of aryl methyl sites for hydroxylation is 2. The molecule has 210 valence electrons. The second kappa shape index (κ2) is 12.4. The van der Waals surface area contributed by atoms with Gasteiger partial charge in [-0.15, -0.1) is 0 Å². The number of nitrogens with zero attached hydrogens (tertiary/aromatic N) is 5. The second-order valence-corrected chi connectivity index (χ2v) is 10.4. The second-order valence-electron chi connectivity index (χ2n) is 10.4. The van der Waals surface area contributed by atoms with Crippen molar-refractivity contribution in [2.75, 3.05) is 31.3 Å². The Morgan fingerprint density at radius 2 is 2.05 bits per heavy atom. The molecule has 0 spiro atoms. The Balaban J connectivity index is 1.44. The van der Waals surface area contributed by atoms with Gasteiger partial charge < -0.3 is 19.5 Å². The van der Waals surface area contributed by atoms with Gasteiger partial charge in [-0.1, -0.05) is 19.4 Å². The van der Waals surface area contributed by atoms with Gasteiger partial charge in [0.2, 0.25) is 12.7 Å². The smallest absolute Gasteiger partial charge is 0.308 e. The van der Waals surface area contributed by atoms with Crippen LogP contribution in [0, 0.1) is 5.92 Å². The maximum Gasteiger partial charge on any atom is 0.308 e. The Labute approximate surface area is 234 Å². The van der Waals surface area contributed by atoms with Crippen molar-refractivity contribution in [2.45, 2.75) is 44.6 Å². The van der Waals surface area contributed by atoms with E-state index in [9.17, 15) is 14.7 Å². The van der Waals surface area contributed by atoms with Crippen LogP contribution in [0.5, 0.6) is 11.5 Å². The highest BCUT2D eigenvalue weighted by molar-refractivity contribution is 5.94. The fraction of sp³-hybridized carbons (Fsp3) is 0.433. The molecule has 1 fully saturated rings. The fourth-order valence-corrected chi connectivity index (χ4v) is 5.80. The molecule has 3 atom stereocenters. The van der Waals surface area contributed by atoms with Crippen LogP contribution in [-0.4, -0.2) is 64.3 Å². The molecule has 1 unspecified atom stereocenters. The number of unbranched alkanes of at least 4 members (excludes halogenated alkanes) is 1. The first kappa shape index (κ1) is 27.5. The van der Waals surface area contributed by atoms with Crippen LogP contribution in [-0.2, 0) is 23.1 Å². The number of rotatable bonds is 11. The third-order valence-corrected chi connectivity index (χ3v) is 7.81. The molecule has 2 aromatic heterocycles. The Kier molecular flexibility index (Phi) is 8.54. The topological polar surface area (TPSA) is 109 Å². The summed E-state index contributed by atoms with van der Waals surface area (Å²) in [5, 5.41) is 10.5. The van der Waals surface area contributed by atoms with Gasteiger partial charge >= 0.3 is 5.97 Å². The lowest BCUT2D eigenvalue weighted by Crippen LogP contribution is -2.45. The first-order valence-electron chi connectivity index (χ1n) is 13.8. The minimum atomic E-state index is -0.872. The van der Waals surface area contributed by atoms with Crippen molar-refractivity contribution >= 4 is 17.6 Å².